The van der Waals surface area contributed by atoms with Crippen molar-refractivity contribution in [2.45, 2.75) is 26.7 Å². The van der Waals surface area contributed by atoms with Crippen LogP contribution < -0.4 is 14.8 Å². The molecule has 142 valence electrons. The number of carbonyl (C=O) groups is 1. The molecule has 0 aliphatic carbocycles. The molecule has 3 aromatic rings. The van der Waals surface area contributed by atoms with E-state index in [1.54, 1.807) is 27.2 Å². The van der Waals surface area contributed by atoms with Crippen molar-refractivity contribution in [1.29, 1.82) is 0 Å². The monoisotopic (exact) mass is 388 g/mol. The minimum absolute atomic E-state index is 0.0641. The molecule has 0 fully saturated rings. The molecule has 0 spiro atoms. The summed E-state index contributed by atoms with van der Waals surface area (Å²) in [5.41, 5.74) is 1.78. The third kappa shape index (κ3) is 3.63. The second kappa shape index (κ2) is 7.75. The van der Waals surface area contributed by atoms with Crippen LogP contribution in [0, 0.1) is 6.92 Å². The van der Waals surface area contributed by atoms with Crippen LogP contribution in [0.1, 0.15) is 41.6 Å². The van der Waals surface area contributed by atoms with Crippen LogP contribution in [-0.2, 0) is 0 Å². The number of methoxy groups -OCH3 is 2. The first-order chi connectivity index (χ1) is 13.0. The molecule has 1 N–H and O–H groups in total. The van der Waals surface area contributed by atoms with Gasteiger partial charge in [0, 0.05) is 0 Å². The number of ether oxygens (including phenoxy) is 2. The van der Waals surface area contributed by atoms with Gasteiger partial charge in [0.25, 0.3) is 5.91 Å². The highest BCUT2D eigenvalue weighted by Gasteiger charge is 2.24. The molecule has 0 aliphatic heterocycles. The van der Waals surface area contributed by atoms with Gasteiger partial charge >= 0.3 is 0 Å². The maximum Gasteiger partial charge on any atom is 0.263 e. The van der Waals surface area contributed by atoms with Crippen molar-refractivity contribution in [3.8, 4) is 22.1 Å². The van der Waals surface area contributed by atoms with E-state index in [1.165, 1.54) is 11.3 Å². The summed E-state index contributed by atoms with van der Waals surface area (Å²) in [6.07, 6.45) is 0. The number of benzene rings is 1. The third-order valence-corrected chi connectivity index (χ3v) is 4.81. The van der Waals surface area contributed by atoms with Crippen molar-refractivity contribution >= 4 is 22.4 Å². The lowest BCUT2D eigenvalue weighted by molar-refractivity contribution is 0.102. The standard InChI is InChI=1S/C18H20N4O4S/c1-9(2)14-13(10(3)26-22-14)16(23)19-18-21-20-17(27-18)11-7-6-8-12(24-4)15(11)25-5/h6-9H,1-5H3,(H,19,21,23). The normalized spacial score (nSPS) is 10.9. The van der Waals surface area contributed by atoms with Gasteiger partial charge in [0.2, 0.25) is 5.13 Å². The fraction of sp³-hybridized carbons (Fsp3) is 0.333. The number of rotatable bonds is 6. The van der Waals surface area contributed by atoms with E-state index in [4.69, 9.17) is 14.0 Å². The third-order valence-electron chi connectivity index (χ3n) is 3.94. The first-order valence-electron chi connectivity index (χ1n) is 8.28. The molecule has 0 aliphatic rings. The van der Waals surface area contributed by atoms with Gasteiger partial charge in [0.1, 0.15) is 11.3 Å². The number of para-hydroxylation sites is 1. The van der Waals surface area contributed by atoms with E-state index in [0.29, 0.717) is 38.7 Å². The second-order valence-electron chi connectivity index (χ2n) is 6.06. The van der Waals surface area contributed by atoms with E-state index >= 15 is 0 Å². The van der Waals surface area contributed by atoms with Crippen molar-refractivity contribution < 1.29 is 18.8 Å². The van der Waals surface area contributed by atoms with E-state index in [-0.39, 0.29) is 11.8 Å². The Morgan fingerprint density at radius 1 is 1.22 bits per heavy atom. The van der Waals surface area contributed by atoms with E-state index < -0.39 is 0 Å². The molecule has 2 aromatic heterocycles. The number of aryl methyl sites for hydroxylation is 1. The number of nitrogens with one attached hydrogen (secondary N) is 1. The molecule has 2 heterocycles. The number of carbonyl (C=O) groups excluding carboxylic acids is 1. The van der Waals surface area contributed by atoms with Gasteiger partial charge in [0.05, 0.1) is 25.5 Å². The highest BCUT2D eigenvalue weighted by molar-refractivity contribution is 7.18. The van der Waals surface area contributed by atoms with Crippen molar-refractivity contribution in [2.24, 2.45) is 0 Å². The Bertz CT molecular complexity index is 964. The summed E-state index contributed by atoms with van der Waals surface area (Å²) in [4.78, 5) is 12.7. The average molecular weight is 388 g/mol. The lowest BCUT2D eigenvalue weighted by Gasteiger charge is -2.10. The molecule has 8 nitrogen and oxygen atoms in total. The molecule has 0 atom stereocenters. The molecule has 1 aromatic carbocycles. The Balaban J connectivity index is 1.88. The van der Waals surface area contributed by atoms with E-state index in [1.807, 2.05) is 26.0 Å². The van der Waals surface area contributed by atoms with Crippen molar-refractivity contribution in [1.82, 2.24) is 15.4 Å². The number of hydrogen-bond acceptors (Lipinski definition) is 8. The zero-order valence-electron chi connectivity index (χ0n) is 15.7. The summed E-state index contributed by atoms with van der Waals surface area (Å²) < 4.78 is 15.9. The van der Waals surface area contributed by atoms with E-state index in [9.17, 15) is 4.79 Å². The highest BCUT2D eigenvalue weighted by Crippen LogP contribution is 2.39. The fourth-order valence-corrected chi connectivity index (χ4v) is 3.42. The first kappa shape index (κ1) is 18.8. The zero-order chi connectivity index (χ0) is 19.6. The first-order valence-corrected chi connectivity index (χ1v) is 9.10. The van der Waals surface area contributed by atoms with Crippen LogP contribution in [0.2, 0.25) is 0 Å². The number of aromatic nitrogens is 3. The minimum Gasteiger partial charge on any atom is -0.493 e. The van der Waals surface area contributed by atoms with Crippen molar-refractivity contribution in [3.63, 3.8) is 0 Å². The Morgan fingerprint density at radius 2 is 2.00 bits per heavy atom. The Labute approximate surface area is 160 Å². The number of nitrogens with zero attached hydrogens (tertiary/aromatic N) is 3. The van der Waals surface area contributed by atoms with Gasteiger partial charge in [-0.05, 0) is 25.0 Å². The van der Waals surface area contributed by atoms with Crippen LogP contribution in [0.4, 0.5) is 5.13 Å². The molecular weight excluding hydrogens is 368 g/mol. The predicted molar refractivity (Wildman–Crippen MR) is 102 cm³/mol. The number of anilines is 1. The van der Waals surface area contributed by atoms with Crippen LogP contribution >= 0.6 is 11.3 Å². The predicted octanol–water partition coefficient (Wildman–Crippen LogP) is 3.89. The van der Waals surface area contributed by atoms with Gasteiger partial charge in [-0.2, -0.15) is 0 Å². The molecule has 0 bridgehead atoms. The quantitative estimate of drug-likeness (QED) is 0.684. The van der Waals surface area contributed by atoms with Crippen LogP contribution in [0.15, 0.2) is 22.7 Å². The van der Waals surface area contributed by atoms with Gasteiger partial charge in [-0.15, -0.1) is 10.2 Å². The molecular formula is C18H20N4O4S. The summed E-state index contributed by atoms with van der Waals surface area (Å²) in [6, 6.07) is 5.49. The van der Waals surface area contributed by atoms with Gasteiger partial charge in [-0.25, -0.2) is 0 Å². The molecule has 1 amide bonds. The van der Waals surface area contributed by atoms with Crippen molar-refractivity contribution in [3.05, 3.63) is 35.2 Å². The summed E-state index contributed by atoms with van der Waals surface area (Å²) in [7, 11) is 3.13. The van der Waals surface area contributed by atoms with Crippen molar-refractivity contribution in [2.75, 3.05) is 19.5 Å². The summed E-state index contributed by atoms with van der Waals surface area (Å²) in [5, 5.41) is 15.9. The van der Waals surface area contributed by atoms with Gasteiger partial charge in [-0.3, -0.25) is 10.1 Å². The Hall–Kier alpha value is -2.94. The fourth-order valence-electron chi connectivity index (χ4n) is 2.66. The number of hydrogen-bond donors (Lipinski definition) is 1. The van der Waals surface area contributed by atoms with Gasteiger partial charge < -0.3 is 14.0 Å². The van der Waals surface area contributed by atoms with Gasteiger partial charge in [0.15, 0.2) is 16.5 Å². The Kier molecular flexibility index (Phi) is 5.41. The topological polar surface area (TPSA) is 99.4 Å². The molecule has 0 saturated heterocycles. The van der Waals surface area contributed by atoms with Crippen LogP contribution in [0.25, 0.3) is 10.6 Å². The molecule has 0 saturated carbocycles. The lowest BCUT2D eigenvalue weighted by Crippen LogP contribution is -2.14. The second-order valence-corrected chi connectivity index (χ2v) is 7.04. The molecule has 0 radical (unpaired) electrons. The zero-order valence-corrected chi connectivity index (χ0v) is 16.5. The maximum absolute atomic E-state index is 12.7. The maximum atomic E-state index is 12.7. The highest BCUT2D eigenvalue weighted by atomic mass is 32.1. The molecule has 27 heavy (non-hydrogen) atoms. The SMILES string of the molecule is COc1cccc(-c2nnc(NC(=O)c3c(C(C)C)noc3C)s2)c1OC. The molecule has 0 unspecified atom stereocenters. The average Bonchev–Trinajstić information content (AvgIpc) is 3.27. The molecule has 3 rings (SSSR count). The molecule has 9 heteroatoms. The largest absolute Gasteiger partial charge is 0.493 e. The smallest absolute Gasteiger partial charge is 0.263 e. The summed E-state index contributed by atoms with van der Waals surface area (Å²) >= 11 is 1.24. The Morgan fingerprint density at radius 3 is 2.67 bits per heavy atom. The van der Waals surface area contributed by atoms with Crippen LogP contribution in [-0.4, -0.2) is 35.5 Å². The van der Waals surface area contributed by atoms with Gasteiger partial charge in [-0.1, -0.05) is 36.4 Å². The lowest BCUT2D eigenvalue weighted by atomic mass is 10.0. The van der Waals surface area contributed by atoms with Crippen LogP contribution in [0.3, 0.4) is 0 Å². The summed E-state index contributed by atoms with van der Waals surface area (Å²) in [5.74, 6) is 1.37. The van der Waals surface area contributed by atoms with E-state index in [0.717, 1.165) is 5.56 Å². The summed E-state index contributed by atoms with van der Waals surface area (Å²) in [6.45, 7) is 5.61. The minimum atomic E-state index is -0.322. The van der Waals surface area contributed by atoms with E-state index in [2.05, 4.69) is 20.7 Å². The number of amides is 1. The van der Waals surface area contributed by atoms with Crippen LogP contribution in [0.5, 0.6) is 11.5 Å².